The van der Waals surface area contributed by atoms with Gasteiger partial charge in [-0.3, -0.25) is 4.79 Å². The molecule has 3 N–H and O–H groups in total. The molecule has 0 aromatic rings. The Morgan fingerprint density at radius 1 is 1.75 bits per heavy atom. The van der Waals surface area contributed by atoms with E-state index in [0.717, 1.165) is 19.4 Å². The summed E-state index contributed by atoms with van der Waals surface area (Å²) < 4.78 is 5.23. The molecule has 72 valence electrons. The fraction of sp³-hybridized carbons (Fsp3) is 0.857. The third kappa shape index (κ3) is 3.38. The molecule has 5 heteroatoms. The Bertz CT molecular complexity index is 148. The van der Waals surface area contributed by atoms with Crippen molar-refractivity contribution in [2.24, 2.45) is 5.73 Å². The summed E-state index contributed by atoms with van der Waals surface area (Å²) >= 11 is 0. The first kappa shape index (κ1) is 11.7. The number of carbonyl (C=O) groups is 1. The largest absolute Gasteiger partial charge is 0.480 e. The molecule has 1 rings (SSSR count). The normalized spacial score (nSPS) is 24.6. The molecule has 1 fully saturated rings. The minimum Gasteiger partial charge on any atom is -0.480 e. The summed E-state index contributed by atoms with van der Waals surface area (Å²) in [6.45, 7) is 0.747. The number of nitrogens with two attached hydrogens (primary N) is 1. The van der Waals surface area contributed by atoms with Crippen molar-refractivity contribution in [1.82, 2.24) is 0 Å². The number of carboxylic acids is 1. The highest BCUT2D eigenvalue weighted by atomic mass is 35.5. The highest BCUT2D eigenvalue weighted by molar-refractivity contribution is 5.85. The smallest absolute Gasteiger partial charge is 0.320 e. The van der Waals surface area contributed by atoms with E-state index in [9.17, 15) is 4.79 Å². The zero-order chi connectivity index (χ0) is 8.27. The molecule has 2 atom stereocenters. The van der Waals surface area contributed by atoms with Crippen molar-refractivity contribution in [2.75, 3.05) is 6.61 Å². The van der Waals surface area contributed by atoms with E-state index in [0.29, 0.717) is 6.42 Å². The molecular weight excluding hydrogens is 182 g/mol. The van der Waals surface area contributed by atoms with Crippen LogP contribution in [0, 0.1) is 0 Å². The van der Waals surface area contributed by atoms with Gasteiger partial charge >= 0.3 is 5.97 Å². The monoisotopic (exact) mass is 195 g/mol. The van der Waals surface area contributed by atoms with Gasteiger partial charge in [0.25, 0.3) is 0 Å². The third-order valence-corrected chi connectivity index (χ3v) is 1.86. The first-order valence-corrected chi connectivity index (χ1v) is 3.80. The van der Waals surface area contributed by atoms with Gasteiger partial charge in [0, 0.05) is 6.61 Å². The van der Waals surface area contributed by atoms with E-state index >= 15 is 0 Å². The molecular formula is C7H14ClNO3. The fourth-order valence-corrected chi connectivity index (χ4v) is 1.21. The topological polar surface area (TPSA) is 72.5 Å². The van der Waals surface area contributed by atoms with Crippen LogP contribution in [0.1, 0.15) is 19.3 Å². The maximum atomic E-state index is 10.3. The number of rotatable bonds is 3. The van der Waals surface area contributed by atoms with E-state index in [-0.39, 0.29) is 18.5 Å². The van der Waals surface area contributed by atoms with Gasteiger partial charge < -0.3 is 15.6 Å². The van der Waals surface area contributed by atoms with Gasteiger partial charge in [0.15, 0.2) is 0 Å². The summed E-state index contributed by atoms with van der Waals surface area (Å²) in [6, 6.07) is -0.766. The Balaban J connectivity index is 0.00000121. The SMILES string of the molecule is Cl.NC(C[C@@H]1CCCO1)C(=O)O. The van der Waals surface area contributed by atoms with E-state index in [1.54, 1.807) is 0 Å². The summed E-state index contributed by atoms with van der Waals surface area (Å²) in [5, 5.41) is 8.46. The highest BCUT2D eigenvalue weighted by Gasteiger charge is 2.21. The molecule has 1 aliphatic rings. The van der Waals surface area contributed by atoms with Crippen molar-refractivity contribution in [3.8, 4) is 0 Å². The van der Waals surface area contributed by atoms with Crippen molar-refractivity contribution >= 4 is 18.4 Å². The predicted octanol–water partition coefficient (Wildman–Crippen LogP) is 0.389. The molecule has 1 unspecified atom stereocenters. The Morgan fingerprint density at radius 3 is 2.83 bits per heavy atom. The van der Waals surface area contributed by atoms with Crippen LogP contribution in [0.2, 0.25) is 0 Å². The van der Waals surface area contributed by atoms with E-state index < -0.39 is 12.0 Å². The van der Waals surface area contributed by atoms with Crippen LogP contribution in [-0.4, -0.2) is 29.8 Å². The molecule has 0 aromatic carbocycles. The molecule has 0 radical (unpaired) electrons. The van der Waals surface area contributed by atoms with Crippen LogP contribution in [0.25, 0.3) is 0 Å². The van der Waals surface area contributed by atoms with E-state index in [4.69, 9.17) is 15.6 Å². The second kappa shape index (κ2) is 5.35. The van der Waals surface area contributed by atoms with Crippen LogP contribution in [0.15, 0.2) is 0 Å². The number of carboxylic acid groups (broad SMARTS) is 1. The quantitative estimate of drug-likeness (QED) is 0.684. The number of halogens is 1. The average Bonchev–Trinajstić information content (AvgIpc) is 2.39. The van der Waals surface area contributed by atoms with Crippen LogP contribution in [0.5, 0.6) is 0 Å². The molecule has 0 amide bonds. The number of hydrogen-bond donors (Lipinski definition) is 2. The zero-order valence-electron chi connectivity index (χ0n) is 6.73. The minimum atomic E-state index is -0.944. The van der Waals surface area contributed by atoms with Gasteiger partial charge in [-0.25, -0.2) is 0 Å². The minimum absolute atomic E-state index is 0. The Kier molecular flexibility index (Phi) is 5.20. The summed E-state index contributed by atoms with van der Waals surface area (Å²) in [6.07, 6.45) is 2.48. The standard InChI is InChI=1S/C7H13NO3.ClH/c8-6(7(9)10)4-5-2-1-3-11-5;/h5-6H,1-4,8H2,(H,9,10);1H/t5-,6?;/m0./s1. The van der Waals surface area contributed by atoms with Crippen molar-refractivity contribution in [3.63, 3.8) is 0 Å². The van der Waals surface area contributed by atoms with Gasteiger partial charge in [-0.15, -0.1) is 12.4 Å². The maximum absolute atomic E-state index is 10.3. The van der Waals surface area contributed by atoms with Crippen molar-refractivity contribution in [3.05, 3.63) is 0 Å². The van der Waals surface area contributed by atoms with Gasteiger partial charge in [0.2, 0.25) is 0 Å². The Hall–Kier alpha value is -0.320. The van der Waals surface area contributed by atoms with Crippen molar-refractivity contribution in [2.45, 2.75) is 31.4 Å². The lowest BCUT2D eigenvalue weighted by Gasteiger charge is -2.11. The summed E-state index contributed by atoms with van der Waals surface area (Å²) in [5.74, 6) is -0.944. The molecule has 12 heavy (non-hydrogen) atoms. The summed E-state index contributed by atoms with van der Waals surface area (Å²) in [5.41, 5.74) is 5.32. The highest BCUT2D eigenvalue weighted by Crippen LogP contribution is 2.16. The molecule has 0 saturated carbocycles. The third-order valence-electron chi connectivity index (χ3n) is 1.86. The van der Waals surface area contributed by atoms with Gasteiger partial charge in [0.05, 0.1) is 6.10 Å². The molecule has 4 nitrogen and oxygen atoms in total. The first-order chi connectivity index (χ1) is 5.20. The van der Waals surface area contributed by atoms with Crippen molar-refractivity contribution in [1.29, 1.82) is 0 Å². The molecule has 1 heterocycles. The lowest BCUT2D eigenvalue weighted by atomic mass is 10.1. The van der Waals surface area contributed by atoms with E-state index in [2.05, 4.69) is 0 Å². The fourth-order valence-electron chi connectivity index (χ4n) is 1.21. The first-order valence-electron chi connectivity index (χ1n) is 3.80. The molecule has 0 spiro atoms. The van der Waals surface area contributed by atoms with E-state index in [1.165, 1.54) is 0 Å². The van der Waals surface area contributed by atoms with Gasteiger partial charge in [-0.05, 0) is 19.3 Å². The Morgan fingerprint density at radius 2 is 2.42 bits per heavy atom. The summed E-state index contributed by atoms with van der Waals surface area (Å²) in [7, 11) is 0. The van der Waals surface area contributed by atoms with Gasteiger partial charge in [-0.1, -0.05) is 0 Å². The number of aliphatic carboxylic acids is 1. The number of hydrogen-bond acceptors (Lipinski definition) is 3. The van der Waals surface area contributed by atoms with Crippen LogP contribution < -0.4 is 5.73 Å². The molecule has 0 aliphatic carbocycles. The average molecular weight is 196 g/mol. The molecule has 1 saturated heterocycles. The van der Waals surface area contributed by atoms with Crippen LogP contribution in [0.3, 0.4) is 0 Å². The predicted molar refractivity (Wildman–Crippen MR) is 46.5 cm³/mol. The van der Waals surface area contributed by atoms with Crippen LogP contribution >= 0.6 is 12.4 Å². The Labute approximate surface area is 77.5 Å². The van der Waals surface area contributed by atoms with Crippen LogP contribution in [0.4, 0.5) is 0 Å². The number of ether oxygens (including phenoxy) is 1. The molecule has 1 aliphatic heterocycles. The second-order valence-corrected chi connectivity index (χ2v) is 2.82. The van der Waals surface area contributed by atoms with Crippen LogP contribution in [-0.2, 0) is 9.53 Å². The zero-order valence-corrected chi connectivity index (χ0v) is 7.55. The van der Waals surface area contributed by atoms with Crippen molar-refractivity contribution < 1.29 is 14.6 Å². The lowest BCUT2D eigenvalue weighted by Crippen LogP contribution is -2.33. The summed E-state index contributed by atoms with van der Waals surface area (Å²) in [4.78, 5) is 10.3. The van der Waals surface area contributed by atoms with Gasteiger partial charge in [0.1, 0.15) is 6.04 Å². The second-order valence-electron chi connectivity index (χ2n) is 2.82. The lowest BCUT2D eigenvalue weighted by molar-refractivity contribution is -0.139. The molecule has 0 bridgehead atoms. The van der Waals surface area contributed by atoms with Gasteiger partial charge in [-0.2, -0.15) is 0 Å². The van der Waals surface area contributed by atoms with E-state index in [1.807, 2.05) is 0 Å². The maximum Gasteiger partial charge on any atom is 0.320 e. The molecule has 0 aromatic heterocycles.